The van der Waals surface area contributed by atoms with Gasteiger partial charge in [0.2, 0.25) is 0 Å². The molecular formula is C17H29N3S. The van der Waals surface area contributed by atoms with Gasteiger partial charge in [-0.2, -0.15) is 0 Å². The molecule has 21 heavy (non-hydrogen) atoms. The molecule has 3 nitrogen and oxygen atoms in total. The Labute approximate surface area is 133 Å². The number of hydrogen-bond donors (Lipinski definition) is 1. The second kappa shape index (κ2) is 7.59. The average molecular weight is 308 g/mol. The van der Waals surface area contributed by atoms with Gasteiger partial charge in [-0.05, 0) is 43.2 Å². The Balaban J connectivity index is 2.08. The van der Waals surface area contributed by atoms with Crippen LogP contribution in [0.5, 0.6) is 0 Å². The summed E-state index contributed by atoms with van der Waals surface area (Å²) < 4.78 is 0. The first-order valence-corrected chi connectivity index (χ1v) is 9.10. The van der Waals surface area contributed by atoms with Gasteiger partial charge in [0.05, 0.1) is 5.03 Å². The van der Waals surface area contributed by atoms with Gasteiger partial charge < -0.3 is 5.32 Å². The molecular weight excluding hydrogens is 278 g/mol. The minimum absolute atomic E-state index is 0.446. The molecule has 1 heterocycles. The number of nitrogens with one attached hydrogen (secondary N) is 1. The first kappa shape index (κ1) is 16.8. The number of hydrogen-bond acceptors (Lipinski definition) is 4. The molecule has 4 heteroatoms. The molecule has 3 unspecified atom stereocenters. The molecule has 3 atom stereocenters. The minimum Gasteiger partial charge on any atom is -0.313 e. The van der Waals surface area contributed by atoms with E-state index in [1.54, 1.807) is 6.33 Å². The van der Waals surface area contributed by atoms with E-state index in [4.69, 9.17) is 0 Å². The van der Waals surface area contributed by atoms with Crippen molar-refractivity contribution in [2.24, 2.45) is 11.3 Å². The fourth-order valence-corrected chi connectivity index (χ4v) is 4.54. The number of nitrogens with zero attached hydrogens (tertiary/aromatic N) is 2. The second-order valence-electron chi connectivity index (χ2n) is 6.72. The minimum atomic E-state index is 0.446. The van der Waals surface area contributed by atoms with E-state index in [2.05, 4.69) is 43.0 Å². The molecule has 118 valence electrons. The van der Waals surface area contributed by atoms with Crippen LogP contribution in [0.1, 0.15) is 53.4 Å². The Bertz CT molecular complexity index is 421. The summed E-state index contributed by atoms with van der Waals surface area (Å²) >= 11 is 1.93. The van der Waals surface area contributed by atoms with Gasteiger partial charge in [-0.3, -0.25) is 0 Å². The summed E-state index contributed by atoms with van der Waals surface area (Å²) in [6, 6.07) is 2.64. The van der Waals surface area contributed by atoms with Crippen molar-refractivity contribution in [3.63, 3.8) is 0 Å². The molecule has 1 fully saturated rings. The lowest BCUT2D eigenvalue weighted by atomic mass is 9.68. The Hall–Kier alpha value is -0.610. The Morgan fingerprint density at radius 3 is 2.76 bits per heavy atom. The van der Waals surface area contributed by atoms with Gasteiger partial charge in [0.1, 0.15) is 6.33 Å². The highest BCUT2D eigenvalue weighted by Crippen LogP contribution is 2.44. The zero-order valence-electron chi connectivity index (χ0n) is 13.8. The molecule has 1 aliphatic carbocycles. The molecule has 1 N–H and O–H groups in total. The lowest BCUT2D eigenvalue weighted by Crippen LogP contribution is -2.45. The highest BCUT2D eigenvalue weighted by molar-refractivity contribution is 7.99. The number of thioether (sulfide) groups is 1. The fraction of sp³-hybridized carbons (Fsp3) is 0.765. The van der Waals surface area contributed by atoms with Crippen LogP contribution in [0, 0.1) is 11.3 Å². The maximum absolute atomic E-state index is 4.40. The molecule has 0 amide bonds. The third-order valence-electron chi connectivity index (χ3n) is 5.10. The van der Waals surface area contributed by atoms with E-state index in [9.17, 15) is 0 Å². The summed E-state index contributed by atoms with van der Waals surface area (Å²) in [6.07, 6.45) is 8.67. The van der Waals surface area contributed by atoms with E-state index < -0.39 is 0 Å². The number of aromatic nitrogens is 2. The van der Waals surface area contributed by atoms with Gasteiger partial charge in [-0.1, -0.05) is 34.1 Å². The lowest BCUT2D eigenvalue weighted by molar-refractivity contribution is 0.141. The summed E-state index contributed by atoms with van der Waals surface area (Å²) in [6.45, 7) is 10.4. The van der Waals surface area contributed by atoms with Crippen LogP contribution in [0.15, 0.2) is 23.6 Å². The third-order valence-corrected chi connectivity index (χ3v) is 6.41. The first-order chi connectivity index (χ1) is 10.1. The highest BCUT2D eigenvalue weighted by atomic mass is 32.2. The molecule has 0 aliphatic heterocycles. The molecule has 2 rings (SSSR count). The van der Waals surface area contributed by atoms with Gasteiger partial charge in [-0.25, -0.2) is 9.97 Å². The topological polar surface area (TPSA) is 37.8 Å². The van der Waals surface area contributed by atoms with Crippen LogP contribution in [0.2, 0.25) is 0 Å². The van der Waals surface area contributed by atoms with Crippen molar-refractivity contribution in [1.29, 1.82) is 0 Å². The number of rotatable bonds is 6. The van der Waals surface area contributed by atoms with E-state index in [-0.39, 0.29) is 0 Å². The van der Waals surface area contributed by atoms with Gasteiger partial charge in [0.15, 0.2) is 0 Å². The van der Waals surface area contributed by atoms with Gasteiger partial charge >= 0.3 is 0 Å². The van der Waals surface area contributed by atoms with E-state index in [0.717, 1.165) is 17.5 Å². The van der Waals surface area contributed by atoms with Crippen molar-refractivity contribution in [3.05, 3.63) is 18.6 Å². The summed E-state index contributed by atoms with van der Waals surface area (Å²) in [5, 5.41) is 5.40. The third kappa shape index (κ3) is 4.43. The van der Waals surface area contributed by atoms with Crippen LogP contribution in [0.25, 0.3) is 0 Å². The molecule has 1 aromatic rings. The molecule has 0 bridgehead atoms. The smallest absolute Gasteiger partial charge is 0.116 e. The van der Waals surface area contributed by atoms with Crippen molar-refractivity contribution in [1.82, 2.24) is 15.3 Å². The zero-order chi connectivity index (χ0) is 15.3. The standard InChI is InChI=1S/C17H29N3S/c1-5-17(3,4)13-7-8-14(19-6-2)15(11-13)21-16-9-10-18-12-20-16/h9-10,12-15,19H,5-8,11H2,1-4H3. The van der Waals surface area contributed by atoms with Crippen LogP contribution in [-0.4, -0.2) is 27.8 Å². The zero-order valence-corrected chi connectivity index (χ0v) is 14.6. The van der Waals surface area contributed by atoms with Crippen LogP contribution in [-0.2, 0) is 0 Å². The average Bonchev–Trinajstić information content (AvgIpc) is 2.50. The monoisotopic (exact) mass is 307 g/mol. The molecule has 0 spiro atoms. The van der Waals surface area contributed by atoms with Crippen LogP contribution < -0.4 is 5.32 Å². The van der Waals surface area contributed by atoms with Crippen molar-refractivity contribution < 1.29 is 0 Å². The molecule has 0 radical (unpaired) electrons. The molecule has 1 aliphatic rings. The summed E-state index contributed by atoms with van der Waals surface area (Å²) in [5.41, 5.74) is 0.446. The van der Waals surface area contributed by atoms with E-state index in [1.165, 1.54) is 25.7 Å². The maximum Gasteiger partial charge on any atom is 0.116 e. The predicted octanol–water partition coefficient (Wildman–Crippen LogP) is 4.15. The van der Waals surface area contributed by atoms with Crippen molar-refractivity contribution >= 4 is 11.8 Å². The lowest BCUT2D eigenvalue weighted by Gasteiger charge is -2.43. The van der Waals surface area contributed by atoms with Gasteiger partial charge in [0.25, 0.3) is 0 Å². The largest absolute Gasteiger partial charge is 0.313 e. The van der Waals surface area contributed by atoms with Gasteiger partial charge in [-0.15, -0.1) is 11.8 Å². The SMILES string of the molecule is CCNC1CCC(C(C)(C)CC)CC1Sc1ccncn1. The maximum atomic E-state index is 4.40. The molecule has 0 saturated heterocycles. The second-order valence-corrected chi connectivity index (χ2v) is 7.98. The van der Waals surface area contributed by atoms with Crippen LogP contribution in [0.4, 0.5) is 0 Å². The highest BCUT2D eigenvalue weighted by Gasteiger charge is 2.37. The summed E-state index contributed by atoms with van der Waals surface area (Å²) in [4.78, 5) is 8.42. The Morgan fingerprint density at radius 1 is 1.33 bits per heavy atom. The van der Waals surface area contributed by atoms with Crippen molar-refractivity contribution in [2.45, 2.75) is 69.7 Å². The van der Waals surface area contributed by atoms with E-state index >= 15 is 0 Å². The van der Waals surface area contributed by atoms with Crippen LogP contribution in [0.3, 0.4) is 0 Å². The van der Waals surface area contributed by atoms with Crippen molar-refractivity contribution in [3.8, 4) is 0 Å². The first-order valence-electron chi connectivity index (χ1n) is 8.23. The van der Waals surface area contributed by atoms with E-state index in [1.807, 2.05) is 24.0 Å². The summed E-state index contributed by atoms with van der Waals surface area (Å²) in [5.74, 6) is 0.816. The normalized spacial score (nSPS) is 26.8. The molecule has 1 aromatic heterocycles. The predicted molar refractivity (Wildman–Crippen MR) is 90.6 cm³/mol. The molecule has 0 aromatic carbocycles. The quantitative estimate of drug-likeness (QED) is 0.801. The molecule has 1 saturated carbocycles. The van der Waals surface area contributed by atoms with Crippen molar-refractivity contribution in [2.75, 3.05) is 6.54 Å². The van der Waals surface area contributed by atoms with E-state index in [0.29, 0.717) is 16.7 Å². The summed E-state index contributed by atoms with van der Waals surface area (Å²) in [7, 11) is 0. The van der Waals surface area contributed by atoms with Gasteiger partial charge in [0, 0.05) is 17.5 Å². The Morgan fingerprint density at radius 2 is 2.14 bits per heavy atom. The van der Waals surface area contributed by atoms with Crippen LogP contribution >= 0.6 is 11.8 Å². The Kier molecular flexibility index (Phi) is 6.06. The fourth-order valence-electron chi connectivity index (χ4n) is 3.26.